The third-order valence-electron chi connectivity index (χ3n) is 15.6. The van der Waals surface area contributed by atoms with Gasteiger partial charge in [0.05, 0.1) is 63.6 Å². The number of azide groups is 1. The predicted molar refractivity (Wildman–Crippen MR) is 578 cm³/mol. The maximum absolute atomic E-state index is 12.3. The smallest absolute Gasteiger partial charge is 0.349 e. The lowest BCUT2D eigenvalue weighted by atomic mass is 9.85. The minimum Gasteiger partial charge on any atom is -0.465 e. The van der Waals surface area contributed by atoms with E-state index in [1.165, 1.54) is 11.0 Å². The molecule has 0 spiro atoms. The number of thioether (sulfide) groups is 2. The molecule has 1 N–H and O–H groups in total. The first kappa shape index (κ1) is 147. The summed E-state index contributed by atoms with van der Waals surface area (Å²) in [5.41, 5.74) is 7.95. The number of hydroxylamine groups is 4. The van der Waals surface area contributed by atoms with Gasteiger partial charge in [-0.1, -0.05) is 240 Å². The third kappa shape index (κ3) is 71.2. The van der Waals surface area contributed by atoms with Gasteiger partial charge in [-0.05, 0) is 191 Å². The zero-order chi connectivity index (χ0) is 112. The Bertz CT molecular complexity index is 4020. The van der Waals surface area contributed by atoms with Crippen molar-refractivity contribution in [3.8, 4) is 12.3 Å². The van der Waals surface area contributed by atoms with Crippen LogP contribution in [-0.2, 0) is 148 Å². The first-order valence-electron chi connectivity index (χ1n) is 43.2. The minimum atomic E-state index is -0.907. The molecule has 0 aromatic carbocycles. The lowest BCUT2D eigenvalue weighted by Crippen LogP contribution is -2.38. The molecule has 5 atom stereocenters. The normalized spacial score (nSPS) is 15.9. The Morgan fingerprint density at radius 1 is 0.461 bits per heavy atom. The number of alkyl halides is 12. The number of carbonyl (C=O) groups excluding carboxylic acids is 18. The highest BCUT2D eigenvalue weighted by Crippen LogP contribution is 2.45. The predicted octanol–water partition coefficient (Wildman–Crippen LogP) is 17.9. The second-order valence-corrected chi connectivity index (χ2v) is 60.1. The number of esters is 10. The Balaban J connectivity index is -0.000000360. The van der Waals surface area contributed by atoms with E-state index in [9.17, 15) is 86.3 Å². The number of likely N-dealkylation sites (tertiary alicyclic amines) is 1. The van der Waals surface area contributed by atoms with Crippen LogP contribution in [0.1, 0.15) is 225 Å². The molecule has 4 fully saturated rings. The van der Waals surface area contributed by atoms with Crippen molar-refractivity contribution < 1.29 is 153 Å². The number of fused-ring (bicyclic) bond motifs is 5. The number of aliphatic hydroxyl groups excluding tert-OH is 1. The fraction of sp³-hybridized carbons (Fsp3) is 0.730. The van der Waals surface area contributed by atoms with Crippen LogP contribution in [-0.4, -0.2) is 294 Å². The van der Waals surface area contributed by atoms with Gasteiger partial charge in [0.25, 0.3) is 23.6 Å². The first-order chi connectivity index (χ1) is 64.1. The highest BCUT2D eigenvalue weighted by molar-refractivity contribution is 9.12. The number of terminal acetylenes is 1. The number of hydrogen-bond donors (Lipinski definition) is 1. The molecule has 5 aliphatic rings. The van der Waals surface area contributed by atoms with Gasteiger partial charge >= 0.3 is 71.6 Å². The lowest BCUT2D eigenvalue weighted by Gasteiger charge is -2.19. The summed E-state index contributed by atoms with van der Waals surface area (Å²) >= 11 is 41.3. The molecule has 52 heteroatoms. The summed E-state index contributed by atoms with van der Waals surface area (Å²) in [7, 11) is 0. The molecule has 810 valence electrons. The highest BCUT2D eigenvalue weighted by atomic mass is 79.9. The van der Waals surface area contributed by atoms with Crippen LogP contribution in [0, 0.1) is 24.2 Å². The molecule has 0 aromatic rings. The largest absolute Gasteiger partial charge is 0.465 e. The van der Waals surface area contributed by atoms with Crippen molar-refractivity contribution in [3.05, 3.63) is 35.2 Å². The third-order valence-corrected chi connectivity index (χ3v) is 21.8. The van der Waals surface area contributed by atoms with Gasteiger partial charge in [-0.3, -0.25) is 81.6 Å². The van der Waals surface area contributed by atoms with Crippen molar-refractivity contribution in [3.63, 3.8) is 0 Å². The Morgan fingerprint density at radius 2 is 0.745 bits per heavy atom. The number of halogens is 12. The van der Waals surface area contributed by atoms with Gasteiger partial charge < -0.3 is 66.9 Å². The molecule has 5 heterocycles. The van der Waals surface area contributed by atoms with E-state index in [2.05, 4.69) is 240 Å². The van der Waals surface area contributed by atoms with Crippen molar-refractivity contribution >= 4 is 322 Å². The second kappa shape index (κ2) is 73.0. The summed E-state index contributed by atoms with van der Waals surface area (Å²) in [6.45, 7) is 51.6. The summed E-state index contributed by atoms with van der Waals surface area (Å²) in [5, 5.41) is 13.5. The minimum absolute atomic E-state index is 0.00834. The number of aliphatic hydroxyl groups is 1. The van der Waals surface area contributed by atoms with Gasteiger partial charge in [0, 0.05) is 53.7 Å². The standard InChI is InChI=1S/C14H16BrNO5.C13H22Br2O4S2.C8H10BrNO4.C8H15BrO2.C7H12BrN3O2.C7H8BrNO4.C7H11BrO2.C7H9BrO2.C6H11BrO3.2C6H11BrO2/c1-14(2,15)13(19)20-6-5-16-11(17)9-7-3-4-8(21-7)10(9)12(16)18;1-12(2,14)10(16)18-5-7-20-9-21-8-6-19-11(17)13(3,4)15;1-8(2,9)7(13)14-10-5(11)3-4-6(10)12;1-4-5-6-11-7(10)8(2,3)9;1-7(2,8)6(12)13-5-3-4-10-11-9;1-4(8)7(12)13-9-5(10)2-3-6(9)11;2*1-4-5-10-6(9)7(2,3)8;1-6(2,7)5(9)10-4-3-8;2*1-4-9-5(8)6(2,3)7/h3-4,7-10H,5-6H2,1-2H3;5-9H2,1-4H3;3-4H2,1-2H3;4-6H2,1-3H3;3-5H2,1-2H3;4H,2-3H2,1H3;4H,1,5H2,2-3H3;1H,5H2,2-3H3;8H,3-4H2,1-2H3;2*4H2,1-3H3. The number of rotatable bonds is 39. The molecule has 0 aliphatic carbocycles. The molecular formula is C89H136Br12N6O32S2. The van der Waals surface area contributed by atoms with Gasteiger partial charge in [0.15, 0.2) is 6.61 Å². The summed E-state index contributed by atoms with van der Waals surface area (Å²) in [5.74, 6) is -3.56. The molecule has 0 radical (unpaired) electrons. The molecule has 6 amide bonds. The van der Waals surface area contributed by atoms with Crippen LogP contribution < -0.4 is 0 Å². The van der Waals surface area contributed by atoms with Crippen LogP contribution in [0.5, 0.6) is 0 Å². The van der Waals surface area contributed by atoms with Gasteiger partial charge in [-0.15, -0.1) is 40.1 Å². The van der Waals surface area contributed by atoms with Crippen molar-refractivity contribution in [1.82, 2.24) is 15.0 Å². The SMILES string of the molecule is C#CCOC(=O)C(C)(C)Br.C=CCOC(=O)C(C)(C)Br.CC(Br)C(=O)ON1C(=O)CCC1=O.CC(C)(Br)C(=O)OCCCN=[N+]=[N-].CC(C)(Br)C(=O)OCCN1C(=O)C2C3C=CC(O3)C2C1=O.CC(C)(Br)C(=O)OCCO.CC(C)(Br)C(=O)OCCSCSCCOC(=O)C(C)(C)Br.CC(C)(Br)C(=O)ON1C(=O)CCC1=O.CCCCOC(=O)C(C)(C)Br.CCOC(=O)C(C)(C)Br.CCOC(=O)C(C)(C)Br. The average molecular weight is 2830 g/mol. The fourth-order valence-corrected chi connectivity index (χ4v) is 11.2. The first-order valence-corrected chi connectivity index (χ1v) is 55.1. The van der Waals surface area contributed by atoms with Gasteiger partial charge in [-0.2, -0.15) is 0 Å². The van der Waals surface area contributed by atoms with Gasteiger partial charge in [0.1, 0.15) is 85.4 Å². The quantitative estimate of drug-likeness (QED) is 0.00510. The Hall–Kier alpha value is -4.21. The number of nitrogens with zero attached hydrogens (tertiary/aromatic N) is 6. The topological polar surface area (TPSA) is 506 Å². The lowest BCUT2D eigenvalue weighted by molar-refractivity contribution is -0.198. The van der Waals surface area contributed by atoms with Gasteiger partial charge in [0.2, 0.25) is 11.8 Å². The molecule has 4 saturated heterocycles. The number of ether oxygens (including phenoxy) is 11. The van der Waals surface area contributed by atoms with Crippen LogP contribution in [0.15, 0.2) is 29.9 Å². The van der Waals surface area contributed by atoms with Crippen molar-refractivity contribution in [2.75, 3.05) is 102 Å². The van der Waals surface area contributed by atoms with Crippen LogP contribution in [0.3, 0.4) is 0 Å². The maximum atomic E-state index is 12.3. The Kier molecular flexibility index (Phi) is 76.4. The highest BCUT2D eigenvalue weighted by Gasteiger charge is 2.60. The van der Waals surface area contributed by atoms with Crippen LogP contribution in [0.4, 0.5) is 0 Å². The van der Waals surface area contributed by atoms with Crippen LogP contribution in [0.25, 0.3) is 10.4 Å². The van der Waals surface area contributed by atoms with Crippen molar-refractivity contribution in [2.24, 2.45) is 17.0 Å². The second-order valence-electron chi connectivity index (χ2n) is 34.3. The monoisotopic (exact) mass is 2810 g/mol. The van der Waals surface area contributed by atoms with E-state index < -0.39 is 106 Å². The number of hydrogen-bond acceptors (Lipinski definition) is 35. The van der Waals surface area contributed by atoms with E-state index in [0.717, 1.165) is 29.4 Å². The molecule has 0 aromatic heterocycles. The van der Waals surface area contributed by atoms with Crippen LogP contribution >= 0.6 is 215 Å². The molecule has 0 saturated carbocycles. The summed E-state index contributed by atoms with van der Waals surface area (Å²) in [4.78, 5) is 214. The van der Waals surface area contributed by atoms with Gasteiger partial charge in [-0.25, -0.2) is 9.59 Å². The molecule has 38 nitrogen and oxygen atoms in total. The molecule has 5 unspecified atom stereocenters. The van der Waals surface area contributed by atoms with E-state index in [1.54, 1.807) is 197 Å². The van der Waals surface area contributed by atoms with Crippen LogP contribution in [0.2, 0.25) is 0 Å². The molecule has 5 rings (SSSR count). The fourth-order valence-electron chi connectivity index (χ4n) is 8.06. The number of imide groups is 3. The van der Waals surface area contributed by atoms with E-state index in [0.29, 0.717) is 56.1 Å². The average Bonchev–Trinajstić information content (AvgIpc) is 1.57. The summed E-state index contributed by atoms with van der Waals surface area (Å²) in [6.07, 6.45) is 12.5. The maximum Gasteiger partial charge on any atom is 0.349 e. The number of amides is 6. The molecule has 141 heavy (non-hydrogen) atoms. The zero-order valence-corrected chi connectivity index (χ0v) is 105. The summed E-state index contributed by atoms with van der Waals surface area (Å²) < 4.78 is 47.1. The Morgan fingerprint density at radius 3 is 1.02 bits per heavy atom. The number of unbranched alkanes of at least 4 members (excludes halogenated alkanes) is 1. The van der Waals surface area contributed by atoms with Crippen molar-refractivity contribution in [1.29, 1.82) is 0 Å². The molecule has 5 aliphatic heterocycles. The summed E-state index contributed by atoms with van der Waals surface area (Å²) in [6, 6.07) is 0. The molecular weight excluding hydrogens is 2690 g/mol. The number of carbonyl (C=O) groups is 18. The Labute approximate surface area is 937 Å². The zero-order valence-electron chi connectivity index (χ0n) is 84.3. The van der Waals surface area contributed by atoms with E-state index in [4.69, 9.17) is 59.7 Å². The van der Waals surface area contributed by atoms with E-state index in [1.807, 2.05) is 12.2 Å². The van der Waals surface area contributed by atoms with E-state index >= 15 is 0 Å². The van der Waals surface area contributed by atoms with E-state index in [-0.39, 0.29) is 150 Å². The molecule has 2 bridgehead atoms. The van der Waals surface area contributed by atoms with Crippen molar-refractivity contribution in [2.45, 2.75) is 290 Å².